The Morgan fingerprint density at radius 2 is 2.45 bits per heavy atom. The van der Waals surface area contributed by atoms with E-state index in [2.05, 4.69) is 22.1 Å². The highest BCUT2D eigenvalue weighted by Crippen LogP contribution is 2.12. The Bertz CT molecular complexity index is 174. The minimum absolute atomic E-state index is 0.932. The van der Waals surface area contributed by atoms with E-state index in [-0.39, 0.29) is 0 Å². The number of aromatic nitrogens is 3. The maximum absolute atomic E-state index is 4.01. The molecule has 0 atom stereocenters. The van der Waals surface area contributed by atoms with Crippen LogP contribution in [0.15, 0.2) is 11.5 Å². The predicted molar refractivity (Wildman–Crippen MR) is 46.6 cm³/mol. The minimum Gasteiger partial charge on any atom is -0.254 e. The van der Waals surface area contributed by atoms with E-state index >= 15 is 0 Å². The second-order valence-electron chi connectivity index (χ2n) is 2.35. The number of hydrogen-bond donors (Lipinski definition) is 1. The summed E-state index contributed by atoms with van der Waals surface area (Å²) in [5.41, 5.74) is 0. The van der Waals surface area contributed by atoms with Gasteiger partial charge in [-0.15, -0.1) is 0 Å². The third-order valence-corrected chi connectivity index (χ3v) is 2.34. The molecule has 3 nitrogen and oxygen atoms in total. The van der Waals surface area contributed by atoms with Gasteiger partial charge in [-0.1, -0.05) is 31.5 Å². The molecule has 1 aromatic rings. The van der Waals surface area contributed by atoms with Crippen molar-refractivity contribution < 1.29 is 0 Å². The number of aromatic amines is 1. The SMILES string of the molecule is CCCCCSc1ncn[nH]1. The zero-order valence-corrected chi connectivity index (χ0v) is 7.52. The molecule has 62 valence electrons. The fourth-order valence-corrected chi connectivity index (χ4v) is 1.57. The van der Waals surface area contributed by atoms with Crippen LogP contribution in [0, 0.1) is 0 Å². The smallest absolute Gasteiger partial charge is 0.183 e. The van der Waals surface area contributed by atoms with Crippen LogP contribution in [-0.2, 0) is 0 Å². The summed E-state index contributed by atoms with van der Waals surface area (Å²) in [6.07, 6.45) is 5.39. The van der Waals surface area contributed by atoms with Crippen LogP contribution < -0.4 is 0 Å². The molecule has 1 rings (SSSR count). The topological polar surface area (TPSA) is 41.6 Å². The van der Waals surface area contributed by atoms with E-state index in [9.17, 15) is 0 Å². The van der Waals surface area contributed by atoms with Gasteiger partial charge in [0.25, 0.3) is 0 Å². The summed E-state index contributed by atoms with van der Waals surface area (Å²) in [4.78, 5) is 4.01. The number of unbranched alkanes of at least 4 members (excludes halogenated alkanes) is 2. The summed E-state index contributed by atoms with van der Waals surface area (Å²) in [5.74, 6) is 1.14. The van der Waals surface area contributed by atoms with E-state index in [0.29, 0.717) is 0 Å². The van der Waals surface area contributed by atoms with Crippen molar-refractivity contribution in [3.8, 4) is 0 Å². The molecule has 0 aliphatic rings. The van der Waals surface area contributed by atoms with Crippen molar-refractivity contribution in [1.29, 1.82) is 0 Å². The van der Waals surface area contributed by atoms with Crippen molar-refractivity contribution in [3.63, 3.8) is 0 Å². The molecular formula is C7H13N3S. The zero-order valence-electron chi connectivity index (χ0n) is 6.71. The van der Waals surface area contributed by atoms with Gasteiger partial charge in [-0.05, 0) is 6.42 Å². The number of rotatable bonds is 5. The molecule has 0 saturated carbocycles. The first-order valence-corrected chi connectivity index (χ1v) is 4.90. The maximum Gasteiger partial charge on any atom is 0.183 e. The highest BCUT2D eigenvalue weighted by Gasteiger charge is 1.94. The highest BCUT2D eigenvalue weighted by atomic mass is 32.2. The Morgan fingerprint density at radius 1 is 1.55 bits per heavy atom. The molecule has 0 spiro atoms. The molecule has 1 N–H and O–H groups in total. The lowest BCUT2D eigenvalue weighted by Crippen LogP contribution is -1.81. The van der Waals surface area contributed by atoms with Gasteiger partial charge in [0, 0.05) is 5.75 Å². The van der Waals surface area contributed by atoms with Gasteiger partial charge in [0.2, 0.25) is 0 Å². The van der Waals surface area contributed by atoms with E-state index in [1.165, 1.54) is 19.3 Å². The summed E-state index contributed by atoms with van der Waals surface area (Å²) in [6, 6.07) is 0. The van der Waals surface area contributed by atoms with Crippen molar-refractivity contribution in [2.45, 2.75) is 31.3 Å². The summed E-state index contributed by atoms with van der Waals surface area (Å²) >= 11 is 1.74. The molecule has 0 saturated heterocycles. The van der Waals surface area contributed by atoms with Crippen LogP contribution in [0.3, 0.4) is 0 Å². The van der Waals surface area contributed by atoms with E-state index in [1.54, 1.807) is 18.1 Å². The van der Waals surface area contributed by atoms with Crippen molar-refractivity contribution >= 4 is 11.8 Å². The third-order valence-electron chi connectivity index (χ3n) is 1.38. The molecule has 0 fully saturated rings. The van der Waals surface area contributed by atoms with E-state index < -0.39 is 0 Å². The van der Waals surface area contributed by atoms with Crippen LogP contribution in [0.5, 0.6) is 0 Å². The normalized spacial score (nSPS) is 10.3. The van der Waals surface area contributed by atoms with Crippen molar-refractivity contribution in [1.82, 2.24) is 15.2 Å². The first kappa shape index (κ1) is 8.59. The molecule has 0 amide bonds. The van der Waals surface area contributed by atoms with Crippen molar-refractivity contribution in [3.05, 3.63) is 6.33 Å². The molecule has 0 aromatic carbocycles. The number of nitrogens with zero attached hydrogens (tertiary/aromatic N) is 2. The average molecular weight is 171 g/mol. The fourth-order valence-electron chi connectivity index (χ4n) is 0.785. The van der Waals surface area contributed by atoms with Gasteiger partial charge in [-0.3, -0.25) is 5.10 Å². The number of H-pyrrole nitrogens is 1. The van der Waals surface area contributed by atoms with E-state index in [1.807, 2.05) is 0 Å². The van der Waals surface area contributed by atoms with Gasteiger partial charge < -0.3 is 0 Å². The van der Waals surface area contributed by atoms with Crippen LogP contribution in [0.2, 0.25) is 0 Å². The number of nitrogens with one attached hydrogen (secondary N) is 1. The maximum atomic E-state index is 4.01. The van der Waals surface area contributed by atoms with E-state index in [4.69, 9.17) is 0 Å². The molecule has 0 bridgehead atoms. The van der Waals surface area contributed by atoms with Crippen LogP contribution in [0.1, 0.15) is 26.2 Å². The number of thioether (sulfide) groups is 1. The average Bonchev–Trinajstić information content (AvgIpc) is 2.50. The van der Waals surface area contributed by atoms with Gasteiger partial charge in [-0.25, -0.2) is 4.98 Å². The Kier molecular flexibility index (Phi) is 4.04. The summed E-state index contributed by atoms with van der Waals surface area (Å²) < 4.78 is 0. The third kappa shape index (κ3) is 3.41. The summed E-state index contributed by atoms with van der Waals surface area (Å²) in [5, 5.41) is 7.51. The van der Waals surface area contributed by atoms with Crippen molar-refractivity contribution in [2.75, 3.05) is 5.75 Å². The lowest BCUT2D eigenvalue weighted by atomic mass is 10.3. The van der Waals surface area contributed by atoms with Crippen LogP contribution in [-0.4, -0.2) is 20.9 Å². The Hall–Kier alpha value is -0.510. The van der Waals surface area contributed by atoms with Gasteiger partial charge in [-0.2, -0.15) is 5.10 Å². The molecular weight excluding hydrogens is 158 g/mol. The molecule has 4 heteroatoms. The Morgan fingerprint density at radius 3 is 3.09 bits per heavy atom. The lowest BCUT2D eigenvalue weighted by Gasteiger charge is -1.94. The molecule has 1 heterocycles. The number of hydrogen-bond acceptors (Lipinski definition) is 3. The molecule has 0 unspecified atom stereocenters. The molecule has 0 radical (unpaired) electrons. The van der Waals surface area contributed by atoms with Crippen LogP contribution >= 0.6 is 11.8 Å². The second kappa shape index (κ2) is 5.18. The van der Waals surface area contributed by atoms with Crippen LogP contribution in [0.25, 0.3) is 0 Å². The molecule has 11 heavy (non-hydrogen) atoms. The largest absolute Gasteiger partial charge is 0.254 e. The van der Waals surface area contributed by atoms with Gasteiger partial charge >= 0.3 is 0 Å². The highest BCUT2D eigenvalue weighted by molar-refractivity contribution is 7.99. The van der Waals surface area contributed by atoms with Crippen molar-refractivity contribution in [2.24, 2.45) is 0 Å². The quantitative estimate of drug-likeness (QED) is 0.545. The lowest BCUT2D eigenvalue weighted by molar-refractivity contribution is 0.777. The van der Waals surface area contributed by atoms with E-state index in [0.717, 1.165) is 10.9 Å². The molecule has 1 aromatic heterocycles. The fraction of sp³-hybridized carbons (Fsp3) is 0.714. The van der Waals surface area contributed by atoms with Gasteiger partial charge in [0.15, 0.2) is 5.16 Å². The monoisotopic (exact) mass is 171 g/mol. The van der Waals surface area contributed by atoms with Gasteiger partial charge in [0.1, 0.15) is 6.33 Å². The molecule has 0 aliphatic carbocycles. The Balaban J connectivity index is 2.04. The molecule has 0 aliphatic heterocycles. The minimum atomic E-state index is 0.932. The first-order valence-electron chi connectivity index (χ1n) is 3.91. The standard InChI is InChI=1S/C7H13N3S/c1-2-3-4-5-11-7-8-6-9-10-7/h6H,2-5H2,1H3,(H,8,9,10). The Labute approximate surface area is 71.0 Å². The summed E-state index contributed by atoms with van der Waals surface area (Å²) in [6.45, 7) is 2.21. The second-order valence-corrected chi connectivity index (χ2v) is 3.43. The van der Waals surface area contributed by atoms with Gasteiger partial charge in [0.05, 0.1) is 0 Å². The van der Waals surface area contributed by atoms with Crippen LogP contribution in [0.4, 0.5) is 0 Å². The zero-order chi connectivity index (χ0) is 7.94. The first-order chi connectivity index (χ1) is 5.43. The predicted octanol–water partition coefficient (Wildman–Crippen LogP) is 2.09. The summed E-state index contributed by atoms with van der Waals surface area (Å²) in [7, 11) is 0.